The van der Waals surface area contributed by atoms with Gasteiger partial charge in [0.05, 0.1) is 18.0 Å². The van der Waals surface area contributed by atoms with Crippen molar-refractivity contribution < 1.29 is 13.9 Å². The summed E-state index contributed by atoms with van der Waals surface area (Å²) in [6.07, 6.45) is 0. The summed E-state index contributed by atoms with van der Waals surface area (Å²) in [4.78, 5) is 12.4. The fraction of sp³-hybridized carbons (Fsp3) is 0.158. The number of rotatable bonds is 4. The first-order valence-electron chi connectivity index (χ1n) is 7.70. The number of para-hydroxylation sites is 1. The average Bonchev–Trinajstić information content (AvgIpc) is 2.94. The third-order valence-corrected chi connectivity index (χ3v) is 3.71. The quantitative estimate of drug-likeness (QED) is 0.677. The average molecular weight is 324 g/mol. The van der Waals surface area contributed by atoms with Crippen LogP contribution in [0.15, 0.2) is 54.6 Å². The molecule has 0 fully saturated rings. The fourth-order valence-corrected chi connectivity index (χ4v) is 2.58. The number of halogens is 1. The number of ether oxygens (including phenoxy) is 1. The van der Waals surface area contributed by atoms with E-state index in [2.05, 4.69) is 5.10 Å². The van der Waals surface area contributed by atoms with Crippen LogP contribution in [0.1, 0.15) is 23.0 Å². The molecule has 24 heavy (non-hydrogen) atoms. The predicted octanol–water partition coefficient (Wildman–Crippen LogP) is 4.16. The summed E-state index contributed by atoms with van der Waals surface area (Å²) in [5, 5.41) is 4.58. The van der Waals surface area contributed by atoms with Gasteiger partial charge in [-0.25, -0.2) is 13.9 Å². The zero-order valence-electron chi connectivity index (χ0n) is 13.5. The van der Waals surface area contributed by atoms with Gasteiger partial charge in [-0.1, -0.05) is 18.2 Å². The summed E-state index contributed by atoms with van der Waals surface area (Å²) in [5.74, 6) is -0.771. The summed E-state index contributed by atoms with van der Waals surface area (Å²) >= 11 is 0. The van der Waals surface area contributed by atoms with Crippen LogP contribution in [0.5, 0.6) is 0 Å². The van der Waals surface area contributed by atoms with Crippen molar-refractivity contribution in [2.45, 2.75) is 13.8 Å². The lowest BCUT2D eigenvalue weighted by atomic mass is 10.1. The van der Waals surface area contributed by atoms with Crippen LogP contribution >= 0.6 is 0 Å². The van der Waals surface area contributed by atoms with E-state index in [-0.39, 0.29) is 12.4 Å². The SMILES string of the molecule is CCOC(=O)c1c(-c2ccc(F)cc2)nn(-c2ccccc2)c1C. The van der Waals surface area contributed by atoms with Crippen molar-refractivity contribution in [3.63, 3.8) is 0 Å². The third-order valence-electron chi connectivity index (χ3n) is 3.71. The highest BCUT2D eigenvalue weighted by Crippen LogP contribution is 2.28. The number of hydrogen-bond acceptors (Lipinski definition) is 3. The Hall–Kier alpha value is -2.95. The van der Waals surface area contributed by atoms with Gasteiger partial charge in [-0.15, -0.1) is 0 Å². The number of nitrogens with zero attached hydrogens (tertiary/aromatic N) is 2. The minimum Gasteiger partial charge on any atom is -0.462 e. The van der Waals surface area contributed by atoms with Crippen molar-refractivity contribution in [1.82, 2.24) is 9.78 Å². The van der Waals surface area contributed by atoms with Crippen LogP contribution in [0.2, 0.25) is 0 Å². The molecule has 0 saturated heterocycles. The number of carbonyl (C=O) groups excluding carboxylic acids is 1. The molecule has 0 unspecified atom stereocenters. The number of benzene rings is 2. The largest absolute Gasteiger partial charge is 0.462 e. The summed E-state index contributed by atoms with van der Waals surface area (Å²) in [6.45, 7) is 3.85. The van der Waals surface area contributed by atoms with Gasteiger partial charge in [0, 0.05) is 5.56 Å². The van der Waals surface area contributed by atoms with Crippen molar-refractivity contribution in [2.24, 2.45) is 0 Å². The maximum Gasteiger partial charge on any atom is 0.342 e. The van der Waals surface area contributed by atoms with E-state index in [0.717, 1.165) is 5.69 Å². The standard InChI is InChI=1S/C19H17FN2O2/c1-3-24-19(23)17-13(2)22(16-7-5-4-6-8-16)21-18(17)14-9-11-15(20)12-10-14/h4-12H,3H2,1-2H3. The maximum absolute atomic E-state index is 13.2. The number of aromatic nitrogens is 2. The summed E-state index contributed by atoms with van der Waals surface area (Å²) in [6, 6.07) is 15.4. The van der Waals surface area contributed by atoms with Gasteiger partial charge >= 0.3 is 5.97 Å². The van der Waals surface area contributed by atoms with Gasteiger partial charge in [-0.3, -0.25) is 0 Å². The Morgan fingerprint density at radius 3 is 2.42 bits per heavy atom. The smallest absolute Gasteiger partial charge is 0.342 e. The molecule has 0 bridgehead atoms. The van der Waals surface area contributed by atoms with Crippen molar-refractivity contribution in [2.75, 3.05) is 6.61 Å². The van der Waals surface area contributed by atoms with E-state index in [1.165, 1.54) is 12.1 Å². The molecule has 1 heterocycles. The van der Waals surface area contributed by atoms with E-state index in [4.69, 9.17) is 4.74 Å². The van der Waals surface area contributed by atoms with Crippen molar-refractivity contribution >= 4 is 5.97 Å². The fourth-order valence-electron chi connectivity index (χ4n) is 2.58. The molecule has 4 nitrogen and oxygen atoms in total. The lowest BCUT2D eigenvalue weighted by molar-refractivity contribution is 0.0526. The van der Waals surface area contributed by atoms with Gasteiger partial charge < -0.3 is 4.74 Å². The molecule has 3 aromatic rings. The van der Waals surface area contributed by atoms with Gasteiger partial charge in [-0.2, -0.15) is 5.10 Å². The minimum atomic E-state index is -0.434. The number of hydrogen-bond donors (Lipinski definition) is 0. The van der Waals surface area contributed by atoms with Gasteiger partial charge in [0.15, 0.2) is 0 Å². The van der Waals surface area contributed by atoms with Gasteiger partial charge in [0.1, 0.15) is 17.1 Å². The molecule has 1 aromatic heterocycles. The van der Waals surface area contributed by atoms with Crippen molar-refractivity contribution in [1.29, 1.82) is 0 Å². The first-order chi connectivity index (χ1) is 11.6. The summed E-state index contributed by atoms with van der Waals surface area (Å²) in [5.41, 5.74) is 3.06. The molecule has 0 N–H and O–H groups in total. The molecule has 0 saturated carbocycles. The van der Waals surface area contributed by atoms with Gasteiger partial charge in [0.2, 0.25) is 0 Å². The molecular formula is C19H17FN2O2. The Morgan fingerprint density at radius 2 is 1.79 bits per heavy atom. The van der Waals surface area contributed by atoms with E-state index in [1.54, 1.807) is 23.7 Å². The van der Waals surface area contributed by atoms with E-state index < -0.39 is 5.97 Å². The maximum atomic E-state index is 13.2. The predicted molar refractivity (Wildman–Crippen MR) is 89.7 cm³/mol. The van der Waals surface area contributed by atoms with Crippen LogP contribution in [0.25, 0.3) is 16.9 Å². The molecule has 0 atom stereocenters. The number of carbonyl (C=O) groups is 1. The molecule has 0 spiro atoms. The zero-order valence-corrected chi connectivity index (χ0v) is 13.5. The Labute approximate surface area is 139 Å². The van der Waals surface area contributed by atoms with E-state index in [1.807, 2.05) is 37.3 Å². The molecule has 5 heteroatoms. The molecule has 122 valence electrons. The first-order valence-corrected chi connectivity index (χ1v) is 7.70. The van der Waals surface area contributed by atoms with Crippen LogP contribution in [-0.2, 0) is 4.74 Å². The van der Waals surface area contributed by atoms with Crippen LogP contribution in [0.4, 0.5) is 4.39 Å². The van der Waals surface area contributed by atoms with Gasteiger partial charge in [0.25, 0.3) is 0 Å². The highest BCUT2D eigenvalue weighted by atomic mass is 19.1. The monoisotopic (exact) mass is 324 g/mol. The molecule has 2 aromatic carbocycles. The molecular weight excluding hydrogens is 307 g/mol. The highest BCUT2D eigenvalue weighted by Gasteiger charge is 2.24. The van der Waals surface area contributed by atoms with E-state index in [9.17, 15) is 9.18 Å². The Balaban J connectivity index is 2.19. The van der Waals surface area contributed by atoms with Crippen molar-refractivity contribution in [3.8, 4) is 16.9 Å². The van der Waals surface area contributed by atoms with Crippen molar-refractivity contribution in [3.05, 3.63) is 71.7 Å². The number of esters is 1. The first kappa shape index (κ1) is 15.9. The molecule has 3 rings (SSSR count). The van der Waals surface area contributed by atoms with E-state index in [0.29, 0.717) is 22.5 Å². The van der Waals surface area contributed by atoms with Crippen LogP contribution in [0.3, 0.4) is 0 Å². The normalized spacial score (nSPS) is 10.6. The summed E-state index contributed by atoms with van der Waals surface area (Å²) in [7, 11) is 0. The van der Waals surface area contributed by atoms with E-state index >= 15 is 0 Å². The molecule has 0 aliphatic heterocycles. The highest BCUT2D eigenvalue weighted by molar-refractivity contribution is 5.97. The van der Waals surface area contributed by atoms with Crippen LogP contribution < -0.4 is 0 Å². The second kappa shape index (κ2) is 6.66. The summed E-state index contributed by atoms with van der Waals surface area (Å²) < 4.78 is 20.1. The molecule has 0 aliphatic rings. The van der Waals surface area contributed by atoms with Crippen LogP contribution in [0, 0.1) is 12.7 Å². The molecule has 0 radical (unpaired) electrons. The lowest BCUT2D eigenvalue weighted by Crippen LogP contribution is -2.07. The molecule has 0 amide bonds. The van der Waals surface area contributed by atoms with Gasteiger partial charge in [-0.05, 0) is 50.2 Å². The Kier molecular flexibility index (Phi) is 4.42. The second-order valence-corrected chi connectivity index (χ2v) is 5.28. The lowest BCUT2D eigenvalue weighted by Gasteiger charge is -2.05. The Bertz CT molecular complexity index is 855. The molecule has 0 aliphatic carbocycles. The zero-order chi connectivity index (χ0) is 17.1. The van der Waals surface area contributed by atoms with Crippen LogP contribution in [-0.4, -0.2) is 22.4 Å². The Morgan fingerprint density at radius 1 is 1.12 bits per heavy atom. The second-order valence-electron chi connectivity index (χ2n) is 5.28. The minimum absolute atomic E-state index is 0.275. The third kappa shape index (κ3) is 2.93. The topological polar surface area (TPSA) is 44.1 Å².